The molecule has 0 fully saturated rings. The summed E-state index contributed by atoms with van der Waals surface area (Å²) in [5.41, 5.74) is 2.50. The maximum absolute atomic E-state index is 5.63. The maximum atomic E-state index is 5.63. The van der Waals surface area contributed by atoms with Gasteiger partial charge in [-0.2, -0.15) is 0 Å². The predicted molar refractivity (Wildman–Crippen MR) is 111 cm³/mol. The molecule has 0 saturated heterocycles. The van der Waals surface area contributed by atoms with Crippen molar-refractivity contribution in [1.29, 1.82) is 0 Å². The lowest BCUT2D eigenvalue weighted by atomic mass is 10.1. The quantitative estimate of drug-likeness (QED) is 0.250. The zero-order valence-electron chi connectivity index (χ0n) is 14.6. The van der Waals surface area contributed by atoms with Crippen molar-refractivity contribution in [2.75, 3.05) is 18.6 Å². The summed E-state index contributed by atoms with van der Waals surface area (Å²) in [6.45, 7) is 2.04. The Morgan fingerprint density at radius 3 is 2.33 bits per heavy atom. The molecule has 2 aromatic carbocycles. The number of halogens is 1. The molecule has 2 nitrogen and oxygen atoms in total. The van der Waals surface area contributed by atoms with Crippen molar-refractivity contribution < 1.29 is 9.47 Å². The third kappa shape index (κ3) is 5.06. The molecular weight excluding hydrogens is 431 g/mol. The molecule has 0 aliphatic carbocycles. The highest BCUT2D eigenvalue weighted by Gasteiger charge is 2.15. The van der Waals surface area contributed by atoms with Gasteiger partial charge in [-0.15, -0.1) is 0 Å². The fraction of sp³-hybridized carbons (Fsp3) is 0.400. The molecule has 0 radical (unpaired) electrons. The van der Waals surface area contributed by atoms with E-state index in [1.807, 2.05) is 6.92 Å². The van der Waals surface area contributed by atoms with Crippen LogP contribution < -0.4 is 9.47 Å². The van der Waals surface area contributed by atoms with Gasteiger partial charge in [0, 0.05) is 4.90 Å². The summed E-state index contributed by atoms with van der Waals surface area (Å²) in [6.07, 6.45) is 4.97. The van der Waals surface area contributed by atoms with Gasteiger partial charge in [0.1, 0.15) is 0 Å². The van der Waals surface area contributed by atoms with Gasteiger partial charge in [0.15, 0.2) is 11.5 Å². The number of methoxy groups -OCH3 is 2. The Balaban J connectivity index is 2.22. The number of hydrogen-bond donors (Lipinski definition) is 0. The first-order valence-electron chi connectivity index (χ1n) is 8.24. The Kier molecular flexibility index (Phi) is 8.25. The van der Waals surface area contributed by atoms with Gasteiger partial charge < -0.3 is 9.47 Å². The van der Waals surface area contributed by atoms with E-state index in [1.165, 1.54) is 34.1 Å². The first-order chi connectivity index (χ1) is 11.7. The molecule has 130 valence electrons. The summed E-state index contributed by atoms with van der Waals surface area (Å²) >= 11 is 4.21. The topological polar surface area (TPSA) is 18.5 Å². The van der Waals surface area contributed by atoms with E-state index in [2.05, 4.69) is 59.0 Å². The van der Waals surface area contributed by atoms with E-state index in [9.17, 15) is 0 Å². The van der Waals surface area contributed by atoms with Crippen LogP contribution in [0.5, 0.6) is 11.5 Å². The van der Waals surface area contributed by atoms with Crippen LogP contribution in [0, 0.1) is 6.92 Å². The molecule has 0 bridgehead atoms. The number of rotatable bonds is 9. The SMILES string of the molecule is COc1c(C)ccc(Sc2ccccc2CCCCCI)c1OC. The third-order valence-corrected chi connectivity index (χ3v) is 5.88. The lowest BCUT2D eigenvalue weighted by Gasteiger charge is -2.16. The summed E-state index contributed by atoms with van der Waals surface area (Å²) in [4.78, 5) is 2.40. The molecule has 0 aromatic heterocycles. The monoisotopic (exact) mass is 456 g/mol. The zero-order valence-corrected chi connectivity index (χ0v) is 17.6. The molecule has 2 aromatic rings. The molecule has 0 aliphatic heterocycles. The van der Waals surface area contributed by atoms with Crippen molar-refractivity contribution in [3.63, 3.8) is 0 Å². The fourth-order valence-corrected chi connectivity index (χ4v) is 4.31. The number of alkyl halides is 1. The van der Waals surface area contributed by atoms with Gasteiger partial charge in [-0.05, 0) is 53.9 Å². The summed E-state index contributed by atoms with van der Waals surface area (Å²) in [5.74, 6) is 1.64. The minimum absolute atomic E-state index is 0.821. The van der Waals surface area contributed by atoms with Crippen LogP contribution in [-0.4, -0.2) is 18.6 Å². The van der Waals surface area contributed by atoms with Crippen molar-refractivity contribution in [2.24, 2.45) is 0 Å². The van der Waals surface area contributed by atoms with Crippen LogP contribution in [0.25, 0.3) is 0 Å². The molecule has 0 unspecified atom stereocenters. The van der Waals surface area contributed by atoms with Gasteiger partial charge in [0.05, 0.1) is 19.1 Å². The number of benzene rings is 2. The van der Waals surface area contributed by atoms with Crippen molar-refractivity contribution in [3.8, 4) is 11.5 Å². The normalized spacial score (nSPS) is 10.7. The molecule has 24 heavy (non-hydrogen) atoms. The molecule has 0 saturated carbocycles. The van der Waals surface area contributed by atoms with Gasteiger partial charge in [-0.25, -0.2) is 0 Å². The Hall–Kier alpha value is -0.880. The summed E-state index contributed by atoms with van der Waals surface area (Å²) in [5, 5.41) is 0. The Bertz CT molecular complexity index is 658. The lowest BCUT2D eigenvalue weighted by Crippen LogP contribution is -1.95. The smallest absolute Gasteiger partial charge is 0.174 e. The number of aryl methyl sites for hydroxylation is 2. The van der Waals surface area contributed by atoms with Crippen LogP contribution in [0.1, 0.15) is 30.4 Å². The Labute approximate surface area is 163 Å². The molecule has 0 heterocycles. The molecule has 4 heteroatoms. The standard InChI is InChI=1S/C20H25IO2S/c1-15-12-13-18(20(23-3)19(15)22-2)24-17-11-7-6-10-16(17)9-5-4-8-14-21/h6-7,10-13H,4-5,8-9,14H2,1-3H3. The molecule has 0 aliphatic rings. The maximum Gasteiger partial charge on any atom is 0.174 e. The largest absolute Gasteiger partial charge is 0.493 e. The molecular formula is C20H25IO2S. The van der Waals surface area contributed by atoms with Crippen LogP contribution in [0.3, 0.4) is 0 Å². The second kappa shape index (κ2) is 10.2. The van der Waals surface area contributed by atoms with E-state index in [0.717, 1.165) is 28.4 Å². The average molecular weight is 456 g/mol. The minimum atomic E-state index is 0.821. The summed E-state index contributed by atoms with van der Waals surface area (Å²) in [7, 11) is 3.40. The molecule has 2 rings (SSSR count). The van der Waals surface area contributed by atoms with Gasteiger partial charge in [0.2, 0.25) is 0 Å². The van der Waals surface area contributed by atoms with Crippen LogP contribution in [0.15, 0.2) is 46.2 Å². The number of unbranched alkanes of at least 4 members (excludes halogenated alkanes) is 2. The van der Waals surface area contributed by atoms with Crippen LogP contribution >= 0.6 is 34.4 Å². The van der Waals surface area contributed by atoms with E-state index < -0.39 is 0 Å². The Morgan fingerprint density at radius 1 is 0.875 bits per heavy atom. The van der Waals surface area contributed by atoms with Crippen molar-refractivity contribution in [1.82, 2.24) is 0 Å². The van der Waals surface area contributed by atoms with Crippen molar-refractivity contribution in [3.05, 3.63) is 47.5 Å². The summed E-state index contributed by atoms with van der Waals surface area (Å²) < 4.78 is 12.4. The highest BCUT2D eigenvalue weighted by Crippen LogP contribution is 2.43. The third-order valence-electron chi connectivity index (χ3n) is 3.95. The van der Waals surface area contributed by atoms with E-state index in [4.69, 9.17) is 9.47 Å². The van der Waals surface area contributed by atoms with Gasteiger partial charge in [-0.1, -0.05) is 65.0 Å². The first-order valence-corrected chi connectivity index (χ1v) is 10.6. The molecule has 0 atom stereocenters. The van der Waals surface area contributed by atoms with Crippen molar-refractivity contribution >= 4 is 34.4 Å². The first kappa shape index (κ1) is 19.4. The van der Waals surface area contributed by atoms with E-state index in [-0.39, 0.29) is 0 Å². The lowest BCUT2D eigenvalue weighted by molar-refractivity contribution is 0.346. The second-order valence-electron chi connectivity index (χ2n) is 5.66. The van der Waals surface area contributed by atoms with E-state index in [1.54, 1.807) is 26.0 Å². The fourth-order valence-electron chi connectivity index (χ4n) is 2.69. The van der Waals surface area contributed by atoms with E-state index in [0.29, 0.717) is 0 Å². The minimum Gasteiger partial charge on any atom is -0.493 e. The van der Waals surface area contributed by atoms with Gasteiger partial charge in [0.25, 0.3) is 0 Å². The van der Waals surface area contributed by atoms with Crippen LogP contribution in [0.2, 0.25) is 0 Å². The number of ether oxygens (including phenoxy) is 2. The molecule has 0 spiro atoms. The highest BCUT2D eigenvalue weighted by molar-refractivity contribution is 14.1. The van der Waals surface area contributed by atoms with Gasteiger partial charge >= 0.3 is 0 Å². The van der Waals surface area contributed by atoms with Gasteiger partial charge in [-0.3, -0.25) is 0 Å². The van der Waals surface area contributed by atoms with Crippen molar-refractivity contribution in [2.45, 2.75) is 42.4 Å². The molecule has 0 N–H and O–H groups in total. The van der Waals surface area contributed by atoms with Crippen LogP contribution in [-0.2, 0) is 6.42 Å². The average Bonchev–Trinajstić information content (AvgIpc) is 2.61. The predicted octanol–water partition coefficient (Wildman–Crippen LogP) is 6.31. The number of hydrogen-bond acceptors (Lipinski definition) is 3. The highest BCUT2D eigenvalue weighted by atomic mass is 127. The molecule has 0 amide bonds. The van der Waals surface area contributed by atoms with Crippen LogP contribution in [0.4, 0.5) is 0 Å². The second-order valence-corrected chi connectivity index (χ2v) is 7.82. The van der Waals surface area contributed by atoms with E-state index >= 15 is 0 Å². The summed E-state index contributed by atoms with van der Waals surface area (Å²) in [6, 6.07) is 12.9. The Morgan fingerprint density at radius 2 is 1.62 bits per heavy atom. The zero-order chi connectivity index (χ0) is 17.4.